The summed E-state index contributed by atoms with van der Waals surface area (Å²) in [5.41, 5.74) is 4.79. The number of nitro groups is 1. The van der Waals surface area contributed by atoms with Gasteiger partial charge in [0.2, 0.25) is 11.7 Å². The van der Waals surface area contributed by atoms with Crippen LogP contribution in [0.1, 0.15) is 34.1 Å². The molecule has 3 heterocycles. The van der Waals surface area contributed by atoms with Crippen molar-refractivity contribution in [2.24, 2.45) is 0 Å². The van der Waals surface area contributed by atoms with Gasteiger partial charge in [0.05, 0.1) is 35.5 Å². The molecule has 50 heavy (non-hydrogen) atoms. The van der Waals surface area contributed by atoms with Crippen molar-refractivity contribution in [3.05, 3.63) is 111 Å². The fourth-order valence-corrected chi connectivity index (χ4v) is 5.09. The van der Waals surface area contributed by atoms with E-state index in [0.717, 1.165) is 12.1 Å². The Morgan fingerprint density at radius 3 is 2.42 bits per heavy atom. The van der Waals surface area contributed by atoms with Crippen molar-refractivity contribution in [2.75, 3.05) is 19.5 Å². The molecule has 0 atom stereocenters. The second-order valence-electron chi connectivity index (χ2n) is 10.9. The monoisotopic (exact) mass is 689 g/mol. The average Bonchev–Trinajstić information content (AvgIpc) is 3.82. The Labute approximate surface area is 280 Å². The zero-order valence-corrected chi connectivity index (χ0v) is 26.4. The number of benzene rings is 3. The molecule has 18 heteroatoms. The van der Waals surface area contributed by atoms with Crippen LogP contribution < -0.4 is 10.7 Å². The number of rotatable bonds is 9. The lowest BCUT2D eigenvalue weighted by atomic mass is 10.1. The minimum Gasteiger partial charge on any atom is -0.464 e. The quantitative estimate of drug-likeness (QED) is 0.114. The van der Waals surface area contributed by atoms with Crippen LogP contribution in [0.3, 0.4) is 0 Å². The van der Waals surface area contributed by atoms with Gasteiger partial charge in [-0.05, 0) is 42.0 Å². The highest BCUT2D eigenvalue weighted by atomic mass is 19.4. The molecule has 3 aromatic carbocycles. The van der Waals surface area contributed by atoms with E-state index in [9.17, 15) is 32.9 Å². The van der Waals surface area contributed by atoms with Crippen molar-refractivity contribution in [1.82, 2.24) is 35.5 Å². The zero-order valence-electron chi connectivity index (χ0n) is 26.4. The topological polar surface area (TPSA) is 174 Å². The highest BCUT2D eigenvalue weighted by Gasteiger charge is 2.31. The van der Waals surface area contributed by atoms with Gasteiger partial charge in [0, 0.05) is 43.4 Å². The lowest BCUT2D eigenvalue weighted by molar-refractivity contribution is -0.384. The molecule has 5 aromatic rings. The van der Waals surface area contributed by atoms with E-state index in [1.165, 1.54) is 55.1 Å². The predicted octanol–water partition coefficient (Wildman–Crippen LogP) is 5.43. The molecule has 0 fully saturated rings. The fourth-order valence-electron chi connectivity index (χ4n) is 5.09. The molecule has 1 amide bonds. The molecule has 15 nitrogen and oxygen atoms in total. The predicted molar refractivity (Wildman–Crippen MR) is 170 cm³/mol. The minimum atomic E-state index is -4.43. The van der Waals surface area contributed by atoms with Crippen molar-refractivity contribution in [1.29, 1.82) is 0 Å². The van der Waals surface area contributed by atoms with Gasteiger partial charge in [-0.3, -0.25) is 25.3 Å². The number of nitro benzene ring substituents is 1. The molecule has 0 unspecified atom stereocenters. The summed E-state index contributed by atoms with van der Waals surface area (Å²) in [5, 5.41) is 25.7. The van der Waals surface area contributed by atoms with Crippen LogP contribution in [0, 0.1) is 10.1 Å². The van der Waals surface area contributed by atoms with Crippen LogP contribution in [-0.2, 0) is 22.3 Å². The van der Waals surface area contributed by atoms with Gasteiger partial charge in [-0.1, -0.05) is 29.4 Å². The van der Waals surface area contributed by atoms with Crippen LogP contribution >= 0.6 is 0 Å². The van der Waals surface area contributed by atoms with Gasteiger partial charge in [-0.25, -0.2) is 9.48 Å². The smallest absolute Gasteiger partial charge is 0.416 e. The first-order chi connectivity index (χ1) is 23.8. The molecular weight excluding hydrogens is 663 g/mol. The van der Waals surface area contributed by atoms with Crippen LogP contribution in [0.2, 0.25) is 0 Å². The Morgan fingerprint density at radius 2 is 1.78 bits per heavy atom. The fraction of sp³-hybridized carbons (Fsp3) is 0.156. The third-order valence-electron chi connectivity index (χ3n) is 7.50. The number of carbonyl (C=O) groups is 2. The number of carbonyl (C=O) groups excluding carboxylic acids is 2. The van der Waals surface area contributed by atoms with E-state index >= 15 is 0 Å². The number of anilines is 1. The molecular formula is C32H26F3N9O6. The van der Waals surface area contributed by atoms with Crippen molar-refractivity contribution < 1.29 is 36.9 Å². The lowest BCUT2D eigenvalue weighted by Crippen LogP contribution is -2.38. The van der Waals surface area contributed by atoms with Crippen molar-refractivity contribution in [2.45, 2.75) is 19.6 Å². The first kappa shape index (κ1) is 33.3. The van der Waals surface area contributed by atoms with Crippen molar-refractivity contribution in [3.63, 3.8) is 0 Å². The van der Waals surface area contributed by atoms with E-state index in [1.807, 2.05) is 0 Å². The number of methoxy groups -OCH3 is 1. The Hall–Kier alpha value is -6.56. The summed E-state index contributed by atoms with van der Waals surface area (Å²) < 4.78 is 50.7. The molecule has 1 aliphatic heterocycles. The number of hydrogen-bond donors (Lipinski definition) is 2. The van der Waals surface area contributed by atoms with Crippen LogP contribution in [0.5, 0.6) is 0 Å². The van der Waals surface area contributed by atoms with Gasteiger partial charge in [-0.15, -0.1) is 5.12 Å². The highest BCUT2D eigenvalue weighted by Crippen LogP contribution is 2.34. The number of esters is 1. The largest absolute Gasteiger partial charge is 0.464 e. The maximum Gasteiger partial charge on any atom is 0.416 e. The maximum absolute atomic E-state index is 13.2. The number of halogens is 3. The SMILES string of the molecule is COC(=O)c1c(NC(C)=O)c(-c2noc(-c3ccc([N+](=O)[O-])cc3)n2)nn1-c1cccc(C2=CN(Cc3ccc(C(F)(F)F)cc3)N(C)N2)c1. The number of alkyl halides is 3. The summed E-state index contributed by atoms with van der Waals surface area (Å²) in [6.45, 7) is 1.51. The molecule has 6 rings (SSSR count). The number of non-ortho nitro benzene ring substituents is 1. The second-order valence-corrected chi connectivity index (χ2v) is 10.9. The van der Waals surface area contributed by atoms with Gasteiger partial charge in [0.15, 0.2) is 11.4 Å². The molecule has 256 valence electrons. The molecule has 2 aromatic heterocycles. The number of ether oxygens (including phenoxy) is 1. The summed E-state index contributed by atoms with van der Waals surface area (Å²) in [6, 6.07) is 17.2. The summed E-state index contributed by atoms with van der Waals surface area (Å²) in [7, 11) is 2.91. The van der Waals surface area contributed by atoms with Gasteiger partial charge in [0.25, 0.3) is 11.6 Å². The van der Waals surface area contributed by atoms with E-state index in [1.54, 1.807) is 47.6 Å². The van der Waals surface area contributed by atoms with Crippen LogP contribution in [0.4, 0.5) is 24.5 Å². The number of hydrazine groups is 2. The highest BCUT2D eigenvalue weighted by molar-refractivity contribution is 6.03. The average molecular weight is 690 g/mol. The first-order valence-electron chi connectivity index (χ1n) is 14.7. The van der Waals surface area contributed by atoms with E-state index < -0.39 is 28.5 Å². The van der Waals surface area contributed by atoms with Crippen LogP contribution in [0.25, 0.3) is 34.4 Å². The Morgan fingerprint density at radius 1 is 1.06 bits per heavy atom. The first-order valence-corrected chi connectivity index (χ1v) is 14.7. The van der Waals surface area contributed by atoms with Gasteiger partial charge in [0.1, 0.15) is 5.69 Å². The lowest BCUT2D eigenvalue weighted by Gasteiger charge is -2.24. The molecule has 1 aliphatic rings. The molecule has 0 aliphatic carbocycles. The van der Waals surface area contributed by atoms with Crippen LogP contribution in [-0.4, -0.2) is 61.0 Å². The van der Waals surface area contributed by atoms with Gasteiger partial charge >= 0.3 is 12.1 Å². The number of nitrogens with one attached hydrogen (secondary N) is 2. The van der Waals surface area contributed by atoms with Gasteiger partial charge < -0.3 is 14.6 Å². The van der Waals surface area contributed by atoms with Crippen molar-refractivity contribution >= 4 is 28.9 Å². The number of nitrogens with zero attached hydrogens (tertiary/aromatic N) is 7. The van der Waals surface area contributed by atoms with Crippen molar-refractivity contribution in [3.8, 4) is 28.7 Å². The van der Waals surface area contributed by atoms with E-state index in [-0.39, 0.29) is 41.0 Å². The molecule has 0 saturated carbocycles. The molecule has 0 radical (unpaired) electrons. The Bertz CT molecular complexity index is 2130. The number of hydrogen-bond acceptors (Lipinski definition) is 12. The van der Waals surface area contributed by atoms with Gasteiger partial charge in [-0.2, -0.15) is 23.3 Å². The third kappa shape index (κ3) is 6.72. The number of aromatic nitrogens is 4. The summed E-state index contributed by atoms with van der Waals surface area (Å²) in [5.74, 6) is -1.45. The molecule has 0 saturated heterocycles. The Balaban J connectivity index is 1.35. The van der Waals surface area contributed by atoms with Crippen LogP contribution in [0.15, 0.2) is 83.5 Å². The molecule has 0 bridgehead atoms. The standard InChI is InChI=1S/C32H26F3N9O6/c1-18(45)36-26-27(29-37-30(50-40-29)20-9-13-23(14-10-20)44(47)48)39-43(28(26)31(46)49-3)24-6-4-5-21(15-24)25-17-42(41(2)38-25)16-19-7-11-22(12-8-19)32(33,34)35/h4-15,17,38H,16H2,1-3H3,(H,36,45). The molecule has 2 N–H and O–H groups in total. The summed E-state index contributed by atoms with van der Waals surface area (Å²) in [4.78, 5) is 40.4. The normalized spacial score (nSPS) is 13.2. The number of amides is 1. The van der Waals surface area contributed by atoms with E-state index in [4.69, 9.17) is 9.26 Å². The second kappa shape index (κ2) is 13.2. The molecule has 0 spiro atoms. The summed E-state index contributed by atoms with van der Waals surface area (Å²) >= 11 is 0. The van der Waals surface area contributed by atoms with E-state index in [0.29, 0.717) is 28.1 Å². The minimum absolute atomic E-state index is 0.00375. The third-order valence-corrected chi connectivity index (χ3v) is 7.50. The zero-order chi connectivity index (χ0) is 35.7. The Kier molecular flexibility index (Phi) is 8.77. The maximum atomic E-state index is 13.2. The van der Waals surface area contributed by atoms with E-state index in [2.05, 4.69) is 26.0 Å². The summed E-state index contributed by atoms with van der Waals surface area (Å²) in [6.07, 6.45) is -2.66.